The Morgan fingerprint density at radius 1 is 1.27 bits per heavy atom. The van der Waals surface area contributed by atoms with E-state index in [2.05, 4.69) is 37.7 Å². The van der Waals surface area contributed by atoms with Crippen LogP contribution >= 0.6 is 0 Å². The molecule has 1 heterocycles. The minimum atomic E-state index is 0.542. The summed E-state index contributed by atoms with van der Waals surface area (Å²) in [4.78, 5) is 0. The lowest BCUT2D eigenvalue weighted by Gasteiger charge is -2.05. The van der Waals surface area contributed by atoms with E-state index >= 15 is 0 Å². The van der Waals surface area contributed by atoms with Crippen LogP contribution in [0.1, 0.15) is 25.3 Å². The Balaban J connectivity index is 2.79. The van der Waals surface area contributed by atoms with Gasteiger partial charge in [0, 0.05) is 18.6 Å². The van der Waals surface area contributed by atoms with Gasteiger partial charge in [-0.05, 0) is 17.5 Å². The molecule has 0 fully saturated rings. The van der Waals surface area contributed by atoms with E-state index in [1.807, 2.05) is 12.1 Å². The zero-order valence-corrected chi connectivity index (χ0v) is 9.74. The number of hydrogen-bond acceptors (Lipinski definition) is 1. The summed E-state index contributed by atoms with van der Waals surface area (Å²) in [6.07, 6.45) is 2.19. The van der Waals surface area contributed by atoms with E-state index in [0.29, 0.717) is 5.92 Å². The van der Waals surface area contributed by atoms with Gasteiger partial charge < -0.3 is 9.30 Å². The average Bonchev–Trinajstić information content (AvgIpc) is 2.56. The monoisotopic (exact) mass is 203 g/mol. The summed E-state index contributed by atoms with van der Waals surface area (Å²) in [5.74, 6) is 1.49. The van der Waals surface area contributed by atoms with Crippen molar-refractivity contribution in [2.75, 3.05) is 7.11 Å². The van der Waals surface area contributed by atoms with Crippen molar-refractivity contribution in [2.45, 2.75) is 19.8 Å². The second-order valence-electron chi connectivity index (χ2n) is 4.21. The van der Waals surface area contributed by atoms with Crippen LogP contribution in [0.4, 0.5) is 0 Å². The first-order valence-electron chi connectivity index (χ1n) is 5.27. The lowest BCUT2D eigenvalue weighted by Crippen LogP contribution is -1.89. The highest BCUT2D eigenvalue weighted by atomic mass is 16.5. The van der Waals surface area contributed by atoms with Gasteiger partial charge in [0.1, 0.15) is 5.75 Å². The maximum atomic E-state index is 5.38. The van der Waals surface area contributed by atoms with Crippen molar-refractivity contribution < 1.29 is 4.74 Å². The van der Waals surface area contributed by atoms with Crippen molar-refractivity contribution >= 4 is 10.9 Å². The maximum absolute atomic E-state index is 5.38. The number of fused-ring (bicyclic) bond motifs is 1. The molecule has 0 spiro atoms. The molecule has 0 aliphatic rings. The second kappa shape index (κ2) is 3.61. The molecule has 0 aliphatic heterocycles. The van der Waals surface area contributed by atoms with E-state index in [1.165, 1.54) is 16.5 Å². The summed E-state index contributed by atoms with van der Waals surface area (Å²) in [6.45, 7) is 4.43. The molecule has 1 aromatic heterocycles. The highest BCUT2D eigenvalue weighted by Crippen LogP contribution is 2.32. The first-order valence-corrected chi connectivity index (χ1v) is 5.27. The molecular weight excluding hydrogens is 186 g/mol. The number of nitrogens with zero attached hydrogens (tertiary/aromatic N) is 1. The third-order valence-corrected chi connectivity index (χ3v) is 2.84. The fourth-order valence-corrected chi connectivity index (χ4v) is 2.09. The average molecular weight is 203 g/mol. The van der Waals surface area contributed by atoms with E-state index in [-0.39, 0.29) is 0 Å². The van der Waals surface area contributed by atoms with Gasteiger partial charge in [0.25, 0.3) is 0 Å². The molecule has 0 N–H and O–H groups in total. The normalized spacial score (nSPS) is 11.3. The van der Waals surface area contributed by atoms with Crippen molar-refractivity contribution in [2.24, 2.45) is 7.05 Å². The molecule has 0 radical (unpaired) electrons. The predicted octanol–water partition coefficient (Wildman–Crippen LogP) is 3.31. The molecule has 0 saturated carbocycles. The molecule has 0 saturated heterocycles. The molecule has 0 aliphatic carbocycles. The largest absolute Gasteiger partial charge is 0.495 e. The third kappa shape index (κ3) is 1.50. The van der Waals surface area contributed by atoms with E-state index < -0.39 is 0 Å². The summed E-state index contributed by atoms with van der Waals surface area (Å²) in [5, 5.41) is 1.30. The smallest absolute Gasteiger partial charge is 0.143 e. The molecule has 15 heavy (non-hydrogen) atoms. The van der Waals surface area contributed by atoms with Gasteiger partial charge in [-0.25, -0.2) is 0 Å². The Labute approximate surface area is 90.5 Å². The minimum absolute atomic E-state index is 0.542. The van der Waals surface area contributed by atoms with Gasteiger partial charge in [-0.2, -0.15) is 0 Å². The van der Waals surface area contributed by atoms with Crippen LogP contribution < -0.4 is 4.74 Å². The molecule has 2 rings (SSSR count). The fourth-order valence-electron chi connectivity index (χ4n) is 2.09. The van der Waals surface area contributed by atoms with Gasteiger partial charge in [0.15, 0.2) is 0 Å². The summed E-state index contributed by atoms with van der Waals surface area (Å²) in [7, 11) is 3.79. The van der Waals surface area contributed by atoms with Crippen LogP contribution in [-0.2, 0) is 7.05 Å². The molecule has 0 atom stereocenters. The minimum Gasteiger partial charge on any atom is -0.495 e. The van der Waals surface area contributed by atoms with E-state index in [9.17, 15) is 0 Å². The number of benzene rings is 1. The molecule has 0 amide bonds. The van der Waals surface area contributed by atoms with Gasteiger partial charge >= 0.3 is 0 Å². The van der Waals surface area contributed by atoms with Crippen LogP contribution in [0, 0.1) is 0 Å². The van der Waals surface area contributed by atoms with E-state index in [4.69, 9.17) is 4.74 Å². The van der Waals surface area contributed by atoms with Crippen LogP contribution in [0.2, 0.25) is 0 Å². The number of methoxy groups -OCH3 is 1. The SMILES string of the molecule is COc1cccc2c(C(C)C)cn(C)c12. The molecule has 2 aromatic rings. The van der Waals surface area contributed by atoms with Crippen LogP contribution in [0.15, 0.2) is 24.4 Å². The molecule has 2 heteroatoms. The predicted molar refractivity (Wildman–Crippen MR) is 63.6 cm³/mol. The zero-order chi connectivity index (χ0) is 11.0. The topological polar surface area (TPSA) is 14.2 Å². The van der Waals surface area contributed by atoms with Crippen molar-refractivity contribution in [1.29, 1.82) is 0 Å². The quantitative estimate of drug-likeness (QED) is 0.730. The Hall–Kier alpha value is -1.44. The van der Waals surface area contributed by atoms with Gasteiger partial charge in [-0.3, -0.25) is 0 Å². The number of aromatic nitrogens is 1. The van der Waals surface area contributed by atoms with Crippen LogP contribution in [-0.4, -0.2) is 11.7 Å². The first-order chi connectivity index (χ1) is 7.15. The first kappa shape index (κ1) is 10.1. The van der Waals surface area contributed by atoms with Crippen LogP contribution in [0.3, 0.4) is 0 Å². The molecular formula is C13H17NO. The number of para-hydroxylation sites is 1. The van der Waals surface area contributed by atoms with Gasteiger partial charge in [-0.1, -0.05) is 26.0 Å². The summed E-state index contributed by atoms with van der Waals surface area (Å²) in [5.41, 5.74) is 2.56. The zero-order valence-electron chi connectivity index (χ0n) is 9.74. The molecule has 80 valence electrons. The van der Waals surface area contributed by atoms with Crippen LogP contribution in [0.25, 0.3) is 10.9 Å². The highest BCUT2D eigenvalue weighted by molar-refractivity contribution is 5.89. The standard InChI is InChI=1S/C13H17NO/c1-9(2)11-8-14(3)13-10(11)6-5-7-12(13)15-4/h5-9H,1-4H3. The lowest BCUT2D eigenvalue weighted by atomic mass is 10.0. The summed E-state index contributed by atoms with van der Waals surface area (Å²) >= 11 is 0. The Morgan fingerprint density at radius 2 is 2.00 bits per heavy atom. The van der Waals surface area contributed by atoms with E-state index in [1.54, 1.807) is 7.11 Å². The number of ether oxygens (including phenoxy) is 1. The molecule has 0 bridgehead atoms. The Morgan fingerprint density at radius 3 is 2.60 bits per heavy atom. The van der Waals surface area contributed by atoms with Gasteiger partial charge in [-0.15, -0.1) is 0 Å². The molecule has 0 unspecified atom stereocenters. The summed E-state index contributed by atoms with van der Waals surface area (Å²) < 4.78 is 7.52. The van der Waals surface area contributed by atoms with E-state index in [0.717, 1.165) is 5.75 Å². The summed E-state index contributed by atoms with van der Waals surface area (Å²) in [6, 6.07) is 6.21. The number of aryl methyl sites for hydroxylation is 1. The molecule has 1 aromatic carbocycles. The lowest BCUT2D eigenvalue weighted by molar-refractivity contribution is 0.418. The highest BCUT2D eigenvalue weighted by Gasteiger charge is 2.12. The van der Waals surface area contributed by atoms with Crippen molar-refractivity contribution in [3.8, 4) is 5.75 Å². The maximum Gasteiger partial charge on any atom is 0.143 e. The Kier molecular flexibility index (Phi) is 2.43. The van der Waals surface area contributed by atoms with Crippen molar-refractivity contribution in [3.05, 3.63) is 30.0 Å². The van der Waals surface area contributed by atoms with Gasteiger partial charge in [0.05, 0.1) is 12.6 Å². The van der Waals surface area contributed by atoms with Gasteiger partial charge in [0.2, 0.25) is 0 Å². The fraction of sp³-hybridized carbons (Fsp3) is 0.385. The third-order valence-electron chi connectivity index (χ3n) is 2.84. The van der Waals surface area contributed by atoms with Crippen LogP contribution in [0.5, 0.6) is 5.75 Å². The van der Waals surface area contributed by atoms with Crippen molar-refractivity contribution in [1.82, 2.24) is 4.57 Å². The Bertz CT molecular complexity index is 482. The molecule has 2 nitrogen and oxygen atoms in total. The van der Waals surface area contributed by atoms with Crippen molar-refractivity contribution in [3.63, 3.8) is 0 Å². The second-order valence-corrected chi connectivity index (χ2v) is 4.21. The number of rotatable bonds is 2. The number of hydrogen-bond donors (Lipinski definition) is 0.